The average Bonchev–Trinajstić information content (AvgIpc) is 3.36. The van der Waals surface area contributed by atoms with Gasteiger partial charge in [0.2, 0.25) is 0 Å². The number of fused-ring (bicyclic) bond motifs is 1. The van der Waals surface area contributed by atoms with Gasteiger partial charge in [-0.15, -0.1) is 0 Å². The number of benzene rings is 1. The SMILES string of the molecule is C=NCO[C@H]1[C@@H](O)[C@H](n2cnc3c(NCc4ccccc4)ncnc32)O[C@@H]1COS(N)(=O)=O. The molecule has 4 rings (SSSR count). The molecule has 2 aromatic heterocycles. The molecule has 1 aliphatic heterocycles. The van der Waals surface area contributed by atoms with Gasteiger partial charge in [-0.25, -0.2) is 20.1 Å². The van der Waals surface area contributed by atoms with E-state index in [1.807, 2.05) is 30.3 Å². The van der Waals surface area contributed by atoms with Gasteiger partial charge in [0, 0.05) is 6.54 Å². The van der Waals surface area contributed by atoms with Crippen LogP contribution in [0, 0.1) is 0 Å². The van der Waals surface area contributed by atoms with Crippen molar-refractivity contribution in [3.63, 3.8) is 0 Å². The molecule has 13 nitrogen and oxygen atoms in total. The van der Waals surface area contributed by atoms with Crippen molar-refractivity contribution in [2.75, 3.05) is 18.7 Å². The Bertz CT molecular complexity index is 1210. The number of aliphatic hydroxyl groups is 1. The van der Waals surface area contributed by atoms with Crippen LogP contribution in [0.4, 0.5) is 5.82 Å². The molecule has 33 heavy (non-hydrogen) atoms. The lowest BCUT2D eigenvalue weighted by molar-refractivity contribution is -0.0536. The van der Waals surface area contributed by atoms with E-state index < -0.39 is 41.5 Å². The summed E-state index contributed by atoms with van der Waals surface area (Å²) >= 11 is 0. The Hall–Kier alpha value is -3.01. The fraction of sp³-hybridized carbons (Fsp3) is 0.368. The monoisotopic (exact) mass is 477 g/mol. The summed E-state index contributed by atoms with van der Waals surface area (Å²) in [4.78, 5) is 16.5. The molecule has 1 aromatic carbocycles. The maximum absolute atomic E-state index is 11.2. The van der Waals surface area contributed by atoms with Crippen molar-refractivity contribution < 1.29 is 27.2 Å². The summed E-state index contributed by atoms with van der Waals surface area (Å²) in [5.41, 5.74) is 1.93. The van der Waals surface area contributed by atoms with Crippen molar-refractivity contribution in [3.05, 3.63) is 48.5 Å². The van der Waals surface area contributed by atoms with E-state index in [2.05, 4.69) is 36.2 Å². The molecule has 0 bridgehead atoms. The second-order valence-corrected chi connectivity index (χ2v) is 8.42. The quantitative estimate of drug-likeness (QED) is 0.336. The van der Waals surface area contributed by atoms with Crippen molar-refractivity contribution in [2.24, 2.45) is 10.1 Å². The van der Waals surface area contributed by atoms with E-state index in [4.69, 9.17) is 14.6 Å². The van der Waals surface area contributed by atoms with Crippen LogP contribution in [0.2, 0.25) is 0 Å². The number of aliphatic imine (C=N–C) groups is 1. The van der Waals surface area contributed by atoms with Crippen LogP contribution in [0.25, 0.3) is 11.2 Å². The Morgan fingerprint density at radius 2 is 2.06 bits per heavy atom. The molecule has 4 N–H and O–H groups in total. The number of aliphatic hydroxyl groups excluding tert-OH is 1. The number of rotatable bonds is 10. The van der Waals surface area contributed by atoms with Crippen molar-refractivity contribution in [1.82, 2.24) is 19.5 Å². The Balaban J connectivity index is 1.57. The van der Waals surface area contributed by atoms with E-state index in [0.717, 1.165) is 5.56 Å². The summed E-state index contributed by atoms with van der Waals surface area (Å²) in [7, 11) is -4.21. The van der Waals surface area contributed by atoms with Gasteiger partial charge >= 0.3 is 10.3 Å². The van der Waals surface area contributed by atoms with E-state index >= 15 is 0 Å². The lowest BCUT2D eigenvalue weighted by Gasteiger charge is -2.19. The van der Waals surface area contributed by atoms with Crippen LogP contribution in [-0.2, 0) is 30.5 Å². The van der Waals surface area contributed by atoms with E-state index in [0.29, 0.717) is 23.5 Å². The predicted molar refractivity (Wildman–Crippen MR) is 117 cm³/mol. The number of hydrogen-bond acceptors (Lipinski definition) is 11. The van der Waals surface area contributed by atoms with E-state index in [1.165, 1.54) is 17.2 Å². The van der Waals surface area contributed by atoms with Gasteiger partial charge in [-0.05, 0) is 12.3 Å². The highest BCUT2D eigenvalue weighted by atomic mass is 32.2. The Labute approximate surface area is 189 Å². The average molecular weight is 478 g/mol. The van der Waals surface area contributed by atoms with E-state index in [1.54, 1.807) is 0 Å². The molecule has 0 spiro atoms. The minimum atomic E-state index is -4.21. The third-order valence-electron chi connectivity index (χ3n) is 5.00. The first-order valence-electron chi connectivity index (χ1n) is 9.87. The molecule has 3 heterocycles. The lowest BCUT2D eigenvalue weighted by Crippen LogP contribution is -2.37. The summed E-state index contributed by atoms with van der Waals surface area (Å²) in [6, 6.07) is 9.78. The molecule has 4 atom stereocenters. The molecule has 3 aromatic rings. The van der Waals surface area contributed by atoms with Crippen molar-refractivity contribution in [2.45, 2.75) is 31.1 Å². The maximum Gasteiger partial charge on any atom is 0.333 e. The summed E-state index contributed by atoms with van der Waals surface area (Å²) in [6.07, 6.45) is -1.30. The molecule has 1 fully saturated rings. The standard InChI is InChI=1S/C19H23N7O6S/c1-21-11-30-16-13(8-31-33(20,28)29)32-19(15(16)27)26-10-25-14-17(23-9-24-18(14)26)22-7-12-5-3-2-4-6-12/h2-6,9-10,13,15-16,19,27H,1,7-8,11H2,(H2,20,28,29)(H,22,23,24)/t13-,15-,16-,19-/m1/s1. The zero-order valence-corrected chi connectivity index (χ0v) is 18.2. The largest absolute Gasteiger partial charge is 0.386 e. The highest BCUT2D eigenvalue weighted by molar-refractivity contribution is 7.84. The molecular formula is C19H23N7O6S. The van der Waals surface area contributed by atoms with Gasteiger partial charge in [-0.3, -0.25) is 13.7 Å². The smallest absolute Gasteiger partial charge is 0.333 e. The second kappa shape index (κ2) is 9.86. The van der Waals surface area contributed by atoms with Crippen molar-refractivity contribution in [3.8, 4) is 0 Å². The van der Waals surface area contributed by atoms with Crippen LogP contribution < -0.4 is 10.5 Å². The Kier molecular flexibility index (Phi) is 6.92. The predicted octanol–water partition coefficient (Wildman–Crippen LogP) is -0.0399. The Morgan fingerprint density at radius 3 is 2.79 bits per heavy atom. The van der Waals surface area contributed by atoms with Crippen LogP contribution in [-0.4, -0.2) is 71.4 Å². The topological polar surface area (TPSA) is 176 Å². The van der Waals surface area contributed by atoms with Gasteiger partial charge in [0.05, 0.1) is 12.9 Å². The third-order valence-corrected chi connectivity index (χ3v) is 5.46. The molecule has 0 aliphatic carbocycles. The molecule has 1 saturated heterocycles. The number of nitrogens with one attached hydrogen (secondary N) is 1. The van der Waals surface area contributed by atoms with Crippen molar-refractivity contribution >= 4 is 34.0 Å². The number of anilines is 1. The normalized spacial score (nSPS) is 23.1. The van der Waals surface area contributed by atoms with Crippen LogP contribution in [0.1, 0.15) is 11.8 Å². The van der Waals surface area contributed by atoms with Gasteiger partial charge in [0.25, 0.3) is 0 Å². The number of aromatic nitrogens is 4. The van der Waals surface area contributed by atoms with Gasteiger partial charge in [0.15, 0.2) is 23.2 Å². The maximum atomic E-state index is 11.2. The van der Waals surface area contributed by atoms with Gasteiger partial charge in [0.1, 0.15) is 31.4 Å². The van der Waals surface area contributed by atoms with Crippen LogP contribution in [0.5, 0.6) is 0 Å². The van der Waals surface area contributed by atoms with Crippen LogP contribution in [0.3, 0.4) is 0 Å². The minimum absolute atomic E-state index is 0.135. The number of nitrogens with two attached hydrogens (primary N) is 1. The zero-order chi connectivity index (χ0) is 23.4. The molecule has 176 valence electrons. The zero-order valence-electron chi connectivity index (χ0n) is 17.4. The second-order valence-electron chi connectivity index (χ2n) is 7.20. The van der Waals surface area contributed by atoms with Gasteiger partial charge < -0.3 is 19.9 Å². The molecule has 0 radical (unpaired) electrons. The van der Waals surface area contributed by atoms with E-state index in [-0.39, 0.29) is 6.73 Å². The first kappa shape index (κ1) is 23.2. The fourth-order valence-electron chi connectivity index (χ4n) is 3.54. The summed E-state index contributed by atoms with van der Waals surface area (Å²) in [6.45, 7) is 3.27. The number of nitrogens with zero attached hydrogens (tertiary/aromatic N) is 5. The molecule has 0 saturated carbocycles. The molecular weight excluding hydrogens is 454 g/mol. The van der Waals surface area contributed by atoms with Crippen LogP contribution in [0.15, 0.2) is 48.0 Å². The number of hydrogen-bond donors (Lipinski definition) is 3. The highest BCUT2D eigenvalue weighted by Gasteiger charge is 2.46. The summed E-state index contributed by atoms with van der Waals surface area (Å²) in [5, 5.41) is 19.0. The molecule has 14 heteroatoms. The van der Waals surface area contributed by atoms with Crippen molar-refractivity contribution in [1.29, 1.82) is 0 Å². The fourth-order valence-corrected chi connectivity index (χ4v) is 3.86. The van der Waals surface area contributed by atoms with Crippen LogP contribution >= 0.6 is 0 Å². The van der Waals surface area contributed by atoms with E-state index in [9.17, 15) is 13.5 Å². The number of ether oxygens (including phenoxy) is 2. The molecule has 1 aliphatic rings. The molecule has 0 amide bonds. The third kappa shape index (κ3) is 5.32. The lowest BCUT2D eigenvalue weighted by atomic mass is 10.1. The molecule has 0 unspecified atom stereocenters. The van der Waals surface area contributed by atoms with Gasteiger partial charge in [-0.1, -0.05) is 30.3 Å². The Morgan fingerprint density at radius 1 is 1.27 bits per heavy atom. The van der Waals surface area contributed by atoms with Gasteiger partial charge in [-0.2, -0.15) is 8.42 Å². The number of imidazole rings is 1. The summed E-state index contributed by atoms with van der Waals surface area (Å²) < 4.78 is 39.9. The minimum Gasteiger partial charge on any atom is -0.386 e. The highest BCUT2D eigenvalue weighted by Crippen LogP contribution is 2.34. The first-order chi connectivity index (χ1) is 15.9. The summed E-state index contributed by atoms with van der Waals surface area (Å²) in [5.74, 6) is 0.507. The first-order valence-corrected chi connectivity index (χ1v) is 11.3.